The van der Waals surface area contributed by atoms with Gasteiger partial charge < -0.3 is 20.1 Å². The van der Waals surface area contributed by atoms with Crippen molar-refractivity contribution in [3.05, 3.63) is 30.3 Å². The lowest BCUT2D eigenvalue weighted by atomic mass is 9.78. The molecule has 1 heterocycles. The molecule has 0 spiro atoms. The van der Waals surface area contributed by atoms with Crippen LogP contribution in [0.15, 0.2) is 35.3 Å². The van der Waals surface area contributed by atoms with Crippen molar-refractivity contribution < 1.29 is 9.47 Å². The van der Waals surface area contributed by atoms with E-state index in [-0.39, 0.29) is 29.4 Å². The maximum atomic E-state index is 6.06. The van der Waals surface area contributed by atoms with Gasteiger partial charge in [-0.05, 0) is 36.8 Å². The lowest BCUT2D eigenvalue weighted by Crippen LogP contribution is -2.47. The van der Waals surface area contributed by atoms with E-state index in [0.29, 0.717) is 18.6 Å². The van der Waals surface area contributed by atoms with Crippen LogP contribution >= 0.6 is 24.0 Å². The van der Waals surface area contributed by atoms with Crippen LogP contribution in [-0.2, 0) is 4.74 Å². The number of nitrogens with one attached hydrogen (secondary N) is 2. The highest BCUT2D eigenvalue weighted by Gasteiger charge is 2.35. The zero-order valence-electron chi connectivity index (χ0n) is 17.2. The molecule has 1 fully saturated rings. The van der Waals surface area contributed by atoms with Crippen LogP contribution in [-0.4, -0.2) is 45.4 Å². The molecule has 5 nitrogen and oxygen atoms in total. The predicted octanol–water partition coefficient (Wildman–Crippen LogP) is 4.08. The molecule has 2 N–H and O–H groups in total. The monoisotopic (exact) mass is 489 g/mol. The van der Waals surface area contributed by atoms with E-state index >= 15 is 0 Å². The molecule has 0 saturated carbocycles. The maximum absolute atomic E-state index is 6.06. The molecule has 27 heavy (non-hydrogen) atoms. The summed E-state index contributed by atoms with van der Waals surface area (Å²) < 4.78 is 11.8. The molecule has 1 aliphatic rings. The van der Waals surface area contributed by atoms with E-state index in [1.165, 1.54) is 6.42 Å². The molecule has 1 aromatic carbocycles. The van der Waals surface area contributed by atoms with Gasteiger partial charge in [-0.1, -0.05) is 39.0 Å². The highest BCUT2D eigenvalue weighted by atomic mass is 127. The van der Waals surface area contributed by atoms with E-state index in [1.54, 1.807) is 0 Å². The van der Waals surface area contributed by atoms with Crippen LogP contribution < -0.4 is 15.4 Å². The third-order valence-corrected chi connectivity index (χ3v) is 4.68. The highest BCUT2D eigenvalue weighted by molar-refractivity contribution is 14.0. The number of benzene rings is 1. The zero-order valence-corrected chi connectivity index (χ0v) is 19.5. The van der Waals surface area contributed by atoms with E-state index in [9.17, 15) is 0 Å². The molecule has 154 valence electrons. The van der Waals surface area contributed by atoms with Crippen molar-refractivity contribution in [3.8, 4) is 5.75 Å². The van der Waals surface area contributed by atoms with Gasteiger partial charge in [-0.15, -0.1) is 24.0 Å². The topological polar surface area (TPSA) is 54.9 Å². The van der Waals surface area contributed by atoms with Crippen molar-refractivity contribution in [1.82, 2.24) is 10.6 Å². The summed E-state index contributed by atoms with van der Waals surface area (Å²) >= 11 is 0. The normalized spacial score (nSPS) is 20.5. The molecule has 0 aromatic heterocycles. The average molecular weight is 489 g/mol. The second-order valence-electron chi connectivity index (χ2n) is 7.95. The van der Waals surface area contributed by atoms with Crippen molar-refractivity contribution in [2.24, 2.45) is 16.3 Å². The van der Waals surface area contributed by atoms with E-state index in [0.717, 1.165) is 44.2 Å². The van der Waals surface area contributed by atoms with Crippen molar-refractivity contribution in [2.45, 2.75) is 46.1 Å². The molecule has 0 amide bonds. The van der Waals surface area contributed by atoms with Gasteiger partial charge in [0, 0.05) is 32.7 Å². The fourth-order valence-corrected chi connectivity index (χ4v) is 3.44. The second-order valence-corrected chi connectivity index (χ2v) is 7.95. The van der Waals surface area contributed by atoms with Gasteiger partial charge in [0.25, 0.3) is 0 Å². The van der Waals surface area contributed by atoms with Crippen LogP contribution in [0.4, 0.5) is 0 Å². The van der Waals surface area contributed by atoms with Crippen molar-refractivity contribution in [1.29, 1.82) is 0 Å². The molecule has 1 saturated heterocycles. The number of rotatable bonds is 7. The first-order valence-corrected chi connectivity index (χ1v) is 9.74. The molecule has 0 radical (unpaired) electrons. The Morgan fingerprint density at radius 3 is 2.63 bits per heavy atom. The summed E-state index contributed by atoms with van der Waals surface area (Å²) in [5.41, 5.74) is 0.165. The van der Waals surface area contributed by atoms with Crippen LogP contribution in [0.1, 0.15) is 40.0 Å². The molecule has 0 bridgehead atoms. The SMILES string of the molecule is CN=C(NCCCOc1ccccc1)NCC1CCCOC1C(C)(C)C.I. The van der Waals surface area contributed by atoms with Gasteiger partial charge in [0.1, 0.15) is 5.75 Å². The maximum Gasteiger partial charge on any atom is 0.190 e. The second kappa shape index (κ2) is 12.4. The third kappa shape index (κ3) is 8.68. The first kappa shape index (κ1) is 24.0. The van der Waals surface area contributed by atoms with Crippen molar-refractivity contribution in [2.75, 3.05) is 33.4 Å². The smallest absolute Gasteiger partial charge is 0.190 e. The number of halogens is 1. The van der Waals surface area contributed by atoms with Gasteiger partial charge >= 0.3 is 0 Å². The summed E-state index contributed by atoms with van der Waals surface area (Å²) in [6.45, 7) is 10.1. The molecular weight excluding hydrogens is 453 g/mol. The van der Waals surface area contributed by atoms with Gasteiger partial charge in [0.2, 0.25) is 0 Å². The van der Waals surface area contributed by atoms with E-state index in [2.05, 4.69) is 36.4 Å². The molecule has 1 aromatic rings. The van der Waals surface area contributed by atoms with Crippen LogP contribution in [0, 0.1) is 11.3 Å². The first-order chi connectivity index (χ1) is 12.5. The average Bonchev–Trinajstić information content (AvgIpc) is 2.64. The van der Waals surface area contributed by atoms with E-state index in [1.807, 2.05) is 37.4 Å². The lowest BCUT2D eigenvalue weighted by molar-refractivity contribution is -0.0835. The molecular formula is C21H36IN3O2. The van der Waals surface area contributed by atoms with E-state index < -0.39 is 0 Å². The van der Waals surface area contributed by atoms with Gasteiger partial charge in [0.15, 0.2) is 5.96 Å². The fourth-order valence-electron chi connectivity index (χ4n) is 3.44. The molecule has 0 aliphatic carbocycles. The summed E-state index contributed by atoms with van der Waals surface area (Å²) in [6, 6.07) is 9.92. The Hall–Kier alpha value is -1.02. The number of hydrogen-bond donors (Lipinski definition) is 2. The van der Waals surface area contributed by atoms with Gasteiger partial charge in [0.05, 0.1) is 12.7 Å². The Morgan fingerprint density at radius 2 is 1.96 bits per heavy atom. The van der Waals surface area contributed by atoms with Gasteiger partial charge in [-0.25, -0.2) is 0 Å². The summed E-state index contributed by atoms with van der Waals surface area (Å²) in [6.07, 6.45) is 3.56. The standard InChI is InChI=1S/C21H35N3O2.HI/c1-21(2,3)19-17(10-8-14-26-19)16-24-20(22-4)23-13-9-15-25-18-11-6-5-7-12-18;/h5-7,11-12,17,19H,8-10,13-16H2,1-4H3,(H2,22,23,24);1H. The molecule has 1 aliphatic heterocycles. The third-order valence-electron chi connectivity index (χ3n) is 4.68. The number of ether oxygens (including phenoxy) is 2. The molecule has 2 rings (SSSR count). The fraction of sp³-hybridized carbons (Fsp3) is 0.667. The lowest BCUT2D eigenvalue weighted by Gasteiger charge is -2.40. The number of guanidine groups is 1. The van der Waals surface area contributed by atoms with Gasteiger partial charge in [-0.3, -0.25) is 4.99 Å². The highest BCUT2D eigenvalue weighted by Crippen LogP contribution is 2.33. The quantitative estimate of drug-likeness (QED) is 0.262. The molecule has 2 atom stereocenters. The summed E-state index contributed by atoms with van der Waals surface area (Å²) in [7, 11) is 1.81. The van der Waals surface area contributed by atoms with Crippen LogP contribution in [0.25, 0.3) is 0 Å². The summed E-state index contributed by atoms with van der Waals surface area (Å²) in [5, 5.41) is 6.83. The van der Waals surface area contributed by atoms with E-state index in [4.69, 9.17) is 9.47 Å². The predicted molar refractivity (Wildman–Crippen MR) is 123 cm³/mol. The Bertz CT molecular complexity index is 546. The largest absolute Gasteiger partial charge is 0.494 e. The van der Waals surface area contributed by atoms with Crippen molar-refractivity contribution in [3.63, 3.8) is 0 Å². The van der Waals surface area contributed by atoms with Gasteiger partial charge in [-0.2, -0.15) is 0 Å². The van der Waals surface area contributed by atoms with Crippen LogP contribution in [0.2, 0.25) is 0 Å². The Morgan fingerprint density at radius 1 is 1.22 bits per heavy atom. The Labute approximate surface area is 181 Å². The minimum absolute atomic E-state index is 0. The number of aliphatic imine (C=N–C) groups is 1. The van der Waals surface area contributed by atoms with Crippen LogP contribution in [0.5, 0.6) is 5.75 Å². The van der Waals surface area contributed by atoms with Crippen LogP contribution in [0.3, 0.4) is 0 Å². The number of nitrogens with zero attached hydrogens (tertiary/aromatic N) is 1. The Kier molecular flexibility index (Phi) is 11.1. The summed E-state index contributed by atoms with van der Waals surface area (Å²) in [4.78, 5) is 4.33. The summed E-state index contributed by atoms with van der Waals surface area (Å²) in [5.74, 6) is 2.28. The molecule has 2 unspecified atom stereocenters. The number of hydrogen-bond acceptors (Lipinski definition) is 3. The number of para-hydroxylation sites is 1. The van der Waals surface area contributed by atoms with Crippen molar-refractivity contribution >= 4 is 29.9 Å². The first-order valence-electron chi connectivity index (χ1n) is 9.74. The Balaban J connectivity index is 0.00000364. The minimum Gasteiger partial charge on any atom is -0.494 e. The zero-order chi connectivity index (χ0) is 18.8. The minimum atomic E-state index is 0. The molecule has 6 heteroatoms.